The summed E-state index contributed by atoms with van der Waals surface area (Å²) in [6.45, 7) is 2.07. The van der Waals surface area contributed by atoms with Crippen molar-refractivity contribution in [2.75, 3.05) is 6.61 Å². The largest absolute Gasteiger partial charge is 0.508 e. The van der Waals surface area contributed by atoms with Crippen LogP contribution in [0.1, 0.15) is 19.4 Å². The van der Waals surface area contributed by atoms with Gasteiger partial charge in [0.1, 0.15) is 83.2 Å². The first-order valence-corrected chi connectivity index (χ1v) is 19.7. The van der Waals surface area contributed by atoms with E-state index in [1.807, 2.05) is 0 Å². The molecule has 0 radical (unpaired) electrons. The quantitative estimate of drug-likeness (QED) is 0.0477. The lowest BCUT2D eigenvalue weighted by atomic mass is 9.98. The number of hydrogen-bond donors (Lipinski definition) is 12. The number of hydrogen-bond acceptors (Lipinski definition) is 22. The monoisotopic (exact) mass is 902 g/mol. The lowest BCUT2D eigenvalue weighted by molar-refractivity contribution is -0.319. The van der Waals surface area contributed by atoms with Gasteiger partial charge in [-0.05, 0) is 55.8 Å². The van der Waals surface area contributed by atoms with Crippen LogP contribution in [0, 0.1) is 0 Å². The number of aliphatic hydroxyl groups excluding tert-OH is 8. The molecule has 4 heterocycles. The average Bonchev–Trinajstić information content (AvgIpc) is 3.26. The van der Waals surface area contributed by atoms with Crippen molar-refractivity contribution in [2.45, 2.75) is 106 Å². The summed E-state index contributed by atoms with van der Waals surface area (Å²) < 4.78 is 45.7. The van der Waals surface area contributed by atoms with Crippen LogP contribution in [0.3, 0.4) is 0 Å². The number of carbonyl (C=O) groups excluding carboxylic acids is 1. The fourth-order valence-corrected chi connectivity index (χ4v) is 7.20. The summed E-state index contributed by atoms with van der Waals surface area (Å²) in [5.74, 6) is -4.73. The van der Waals surface area contributed by atoms with E-state index in [0.717, 1.165) is 30.3 Å². The van der Waals surface area contributed by atoms with Crippen LogP contribution in [-0.2, 0) is 28.5 Å². The van der Waals surface area contributed by atoms with Crippen molar-refractivity contribution in [3.8, 4) is 45.8 Å². The molecule has 0 aliphatic carbocycles. The number of carbonyl (C=O) groups is 1. The first kappa shape index (κ1) is 46.4. The van der Waals surface area contributed by atoms with Crippen molar-refractivity contribution in [1.29, 1.82) is 0 Å². The zero-order valence-corrected chi connectivity index (χ0v) is 33.7. The molecule has 1 aromatic heterocycles. The molecule has 22 heteroatoms. The lowest BCUT2D eigenvalue weighted by Gasteiger charge is -2.43. The van der Waals surface area contributed by atoms with Gasteiger partial charge < -0.3 is 98.9 Å². The summed E-state index contributed by atoms with van der Waals surface area (Å²) in [6, 6.07) is 10.9. The molecular weight excluding hydrogens is 856 g/mol. The second-order valence-corrected chi connectivity index (χ2v) is 15.4. The van der Waals surface area contributed by atoms with Gasteiger partial charge in [-0.3, -0.25) is 4.79 Å². The number of aliphatic hydroxyl groups is 8. The number of fused-ring (bicyclic) bond motifs is 1. The maximum Gasteiger partial charge on any atom is 0.331 e. The number of aromatic hydroxyl groups is 4. The van der Waals surface area contributed by atoms with Crippen molar-refractivity contribution in [2.24, 2.45) is 0 Å². The van der Waals surface area contributed by atoms with Gasteiger partial charge in [0.2, 0.25) is 23.8 Å². The maximum absolute atomic E-state index is 14.4. The van der Waals surface area contributed by atoms with Crippen molar-refractivity contribution in [3.05, 3.63) is 76.5 Å². The summed E-state index contributed by atoms with van der Waals surface area (Å²) in [4.78, 5) is 27.4. The third kappa shape index (κ3) is 9.44. The topological polar surface area (TPSA) is 355 Å². The molecule has 7 unspecified atom stereocenters. The second-order valence-electron chi connectivity index (χ2n) is 15.4. The second kappa shape index (κ2) is 18.9. The molecule has 3 fully saturated rings. The van der Waals surface area contributed by atoms with Gasteiger partial charge in [-0.15, -0.1) is 0 Å². The van der Waals surface area contributed by atoms with Gasteiger partial charge in [-0.1, -0.05) is 12.1 Å². The minimum atomic E-state index is -2.15. The molecule has 0 bridgehead atoms. The van der Waals surface area contributed by atoms with Crippen LogP contribution in [0.4, 0.5) is 0 Å². The number of rotatable bonds is 11. The molecule has 3 aliphatic rings. The van der Waals surface area contributed by atoms with Crippen molar-refractivity contribution in [1.82, 2.24) is 0 Å². The standard InChI is InChI=1S/C42H46O22/c1-15-28(48)31(51)34(54)40(58-15)57-14-25-38(63-26(47)10-5-17-3-7-19(43)8-4-17)33(53)36(56)42(62-25)64-39-30(50)27-23(46)12-20(60-41-35(55)32(52)29(49)16(2)59-41)13-24(27)61-37(39)18-6-9-21(44)22(45)11-18/h3-13,15-16,25,28-29,31-36,38,40-46,48-49,51-56H,14H2,1-2H3/b10-5+/t15?,16?,25?,28-,29-,31-,32-,33?,34?,35?,36?,38-,40+,41-,42-/m0/s1. The normalized spacial score (nSPS) is 33.2. The van der Waals surface area contributed by atoms with Crippen LogP contribution in [0.2, 0.25) is 0 Å². The molecule has 0 saturated carbocycles. The molecule has 0 spiro atoms. The molecule has 7 rings (SSSR count). The van der Waals surface area contributed by atoms with Gasteiger partial charge in [0.15, 0.2) is 29.7 Å². The Bertz CT molecular complexity index is 2390. The van der Waals surface area contributed by atoms with Crippen molar-refractivity contribution in [3.63, 3.8) is 0 Å². The van der Waals surface area contributed by atoms with Crippen molar-refractivity contribution >= 4 is 23.0 Å². The molecule has 346 valence electrons. The lowest BCUT2D eigenvalue weighted by Crippen LogP contribution is -2.62. The summed E-state index contributed by atoms with van der Waals surface area (Å²) in [5, 5.41) is 125. The minimum absolute atomic E-state index is 0.0312. The van der Waals surface area contributed by atoms with Crippen LogP contribution in [0.25, 0.3) is 28.4 Å². The Morgan fingerprint density at radius 2 is 1.27 bits per heavy atom. The van der Waals surface area contributed by atoms with E-state index in [-0.39, 0.29) is 17.1 Å². The van der Waals surface area contributed by atoms with Gasteiger partial charge in [-0.25, -0.2) is 4.79 Å². The number of ether oxygens (including phenoxy) is 7. The molecule has 15 atom stereocenters. The average molecular weight is 903 g/mol. The van der Waals surface area contributed by atoms with E-state index < -0.39 is 150 Å². The Labute approximate surface area is 361 Å². The molecule has 64 heavy (non-hydrogen) atoms. The molecule has 4 aromatic rings. The van der Waals surface area contributed by atoms with E-state index in [9.17, 15) is 70.9 Å². The summed E-state index contributed by atoms with van der Waals surface area (Å²) in [5.41, 5.74) is -1.20. The van der Waals surface area contributed by atoms with E-state index in [1.165, 1.54) is 50.3 Å². The minimum Gasteiger partial charge on any atom is -0.508 e. The van der Waals surface area contributed by atoms with Gasteiger partial charge in [0.25, 0.3) is 0 Å². The van der Waals surface area contributed by atoms with Crippen LogP contribution < -0.4 is 14.9 Å². The molecule has 3 saturated heterocycles. The fraction of sp³-hybridized carbons (Fsp3) is 0.429. The highest BCUT2D eigenvalue weighted by Gasteiger charge is 2.50. The van der Waals surface area contributed by atoms with Gasteiger partial charge in [0, 0.05) is 23.8 Å². The molecule has 3 aromatic carbocycles. The Kier molecular flexibility index (Phi) is 13.7. The Morgan fingerprint density at radius 3 is 1.92 bits per heavy atom. The third-order valence-corrected chi connectivity index (χ3v) is 10.9. The number of phenols is 4. The van der Waals surface area contributed by atoms with E-state index in [1.54, 1.807) is 0 Å². The summed E-state index contributed by atoms with van der Waals surface area (Å²) >= 11 is 0. The Balaban J connectivity index is 1.23. The Morgan fingerprint density at radius 1 is 0.656 bits per heavy atom. The first-order valence-electron chi connectivity index (χ1n) is 19.7. The van der Waals surface area contributed by atoms with Crippen LogP contribution in [-0.4, -0.2) is 166 Å². The zero-order valence-electron chi connectivity index (χ0n) is 33.7. The van der Waals surface area contributed by atoms with Crippen LogP contribution in [0.5, 0.6) is 34.5 Å². The molecule has 3 aliphatic heterocycles. The number of phenolic OH excluding ortho intramolecular Hbond substituents is 4. The highest BCUT2D eigenvalue weighted by atomic mass is 16.7. The predicted molar refractivity (Wildman–Crippen MR) is 213 cm³/mol. The van der Waals surface area contributed by atoms with Crippen LogP contribution >= 0.6 is 0 Å². The third-order valence-electron chi connectivity index (χ3n) is 10.9. The van der Waals surface area contributed by atoms with Crippen LogP contribution in [0.15, 0.2) is 69.9 Å². The van der Waals surface area contributed by atoms with Gasteiger partial charge in [-0.2, -0.15) is 0 Å². The number of esters is 1. The van der Waals surface area contributed by atoms with Gasteiger partial charge >= 0.3 is 5.97 Å². The predicted octanol–water partition coefficient (Wildman–Crippen LogP) is -1.22. The molecule has 12 N–H and O–H groups in total. The van der Waals surface area contributed by atoms with Gasteiger partial charge in [0.05, 0.1) is 18.8 Å². The zero-order chi connectivity index (χ0) is 46.3. The maximum atomic E-state index is 14.4. The van der Waals surface area contributed by atoms with E-state index in [2.05, 4.69) is 0 Å². The highest BCUT2D eigenvalue weighted by Crippen LogP contribution is 2.40. The van der Waals surface area contributed by atoms with Crippen molar-refractivity contribution < 1.29 is 104 Å². The first-order chi connectivity index (χ1) is 30.3. The molecule has 22 nitrogen and oxygen atoms in total. The van der Waals surface area contributed by atoms with E-state index in [4.69, 9.17) is 37.6 Å². The highest BCUT2D eigenvalue weighted by molar-refractivity contribution is 5.89. The summed E-state index contributed by atoms with van der Waals surface area (Å²) in [7, 11) is 0. The SMILES string of the molecule is CC1O[C@@H](OCC2O[C@@H](Oc3c(-c4ccc(O)c(O)c4)oc4cc(O[C@@H]5OC(C)[C@H](O)[C@H](O)C5O)cc(O)c4c3=O)C(O)C(O)[C@H]2OC(=O)/C=C/c2ccc(O)cc2)C(O)[C@@H](O)[C@H]1O. The fourth-order valence-electron chi connectivity index (χ4n) is 7.20. The summed E-state index contributed by atoms with van der Waals surface area (Å²) in [6.07, 6.45) is -22.6. The smallest absolute Gasteiger partial charge is 0.331 e. The number of benzene rings is 3. The molecular formula is C42H46O22. The Hall–Kier alpha value is -5.60. The van der Waals surface area contributed by atoms with E-state index in [0.29, 0.717) is 5.56 Å². The van der Waals surface area contributed by atoms with E-state index >= 15 is 0 Å². The molecule has 0 amide bonds.